The van der Waals surface area contributed by atoms with Crippen molar-refractivity contribution in [3.8, 4) is 0 Å². The third-order valence-corrected chi connectivity index (χ3v) is 6.80. The highest BCUT2D eigenvalue weighted by Crippen LogP contribution is 2.31. The van der Waals surface area contributed by atoms with E-state index in [9.17, 15) is 20.4 Å². The van der Waals surface area contributed by atoms with E-state index in [1.54, 1.807) is 9.80 Å². The van der Waals surface area contributed by atoms with Gasteiger partial charge in [-0.2, -0.15) is 4.98 Å². The molecule has 0 spiro atoms. The molecule has 0 aromatic carbocycles. The molecule has 1 aromatic rings. The number of aromatic nitrogens is 2. The van der Waals surface area contributed by atoms with E-state index in [4.69, 9.17) is 20.7 Å². The summed E-state index contributed by atoms with van der Waals surface area (Å²) in [6.45, 7) is 8.11. The van der Waals surface area contributed by atoms with Crippen LogP contribution in [-0.2, 0) is 0 Å². The van der Waals surface area contributed by atoms with E-state index < -0.39 is 0 Å². The van der Waals surface area contributed by atoms with Crippen molar-refractivity contribution in [1.82, 2.24) is 19.8 Å². The maximum Gasteiger partial charge on any atom is 0.228 e. The van der Waals surface area contributed by atoms with Crippen molar-refractivity contribution in [2.75, 3.05) is 94.3 Å². The molecule has 2 aliphatic rings. The number of hydrogen-bond acceptors (Lipinski definition) is 11. The Hall–Kier alpha value is -2.67. The summed E-state index contributed by atoms with van der Waals surface area (Å²) in [7, 11) is 0. The monoisotopic (exact) mass is 520 g/mol. The van der Waals surface area contributed by atoms with Crippen LogP contribution in [0.2, 0.25) is 0 Å². The molecule has 2 saturated heterocycles. The van der Waals surface area contributed by atoms with E-state index in [0.29, 0.717) is 47.9 Å². The number of likely N-dealkylation sites (tertiary alicyclic amines) is 1. The van der Waals surface area contributed by atoms with E-state index in [-0.39, 0.29) is 39.5 Å². The zero-order valence-corrected chi connectivity index (χ0v) is 21.9. The lowest BCUT2D eigenvalue weighted by molar-refractivity contribution is 0.188. The molecule has 0 bridgehead atoms. The molecule has 3 rings (SSSR count). The van der Waals surface area contributed by atoms with Crippen molar-refractivity contribution in [3.63, 3.8) is 0 Å². The van der Waals surface area contributed by atoms with Gasteiger partial charge in [0.15, 0.2) is 11.7 Å². The molecule has 12 nitrogen and oxygen atoms in total. The van der Waals surface area contributed by atoms with Crippen LogP contribution >= 0.6 is 0 Å². The normalized spacial score (nSPS) is 16.7. The van der Waals surface area contributed by atoms with Crippen LogP contribution in [0.25, 0.3) is 0 Å². The molecule has 0 aliphatic carbocycles. The number of nitrogen functional groups attached to an aromatic ring is 1. The van der Waals surface area contributed by atoms with Crippen molar-refractivity contribution >= 4 is 23.3 Å². The summed E-state index contributed by atoms with van der Waals surface area (Å²) >= 11 is 0. The molecule has 208 valence electrons. The minimum Gasteiger partial charge on any atom is -0.395 e. The number of amidine groups is 1. The van der Waals surface area contributed by atoms with Crippen LogP contribution in [0.4, 0.5) is 17.5 Å². The Labute approximate surface area is 219 Å². The Morgan fingerprint density at radius 3 is 1.89 bits per heavy atom. The first-order valence-corrected chi connectivity index (χ1v) is 13.4. The van der Waals surface area contributed by atoms with Crippen LogP contribution in [-0.4, -0.2) is 125 Å². The van der Waals surface area contributed by atoms with E-state index in [2.05, 4.69) is 16.4 Å². The molecule has 0 amide bonds. The number of rotatable bonds is 13. The topological polar surface area (TPSA) is 158 Å². The van der Waals surface area contributed by atoms with Crippen molar-refractivity contribution in [3.05, 3.63) is 18.1 Å². The van der Waals surface area contributed by atoms with E-state index >= 15 is 0 Å². The predicted octanol–water partition coefficient (Wildman–Crippen LogP) is -0.170. The molecule has 12 heteroatoms. The number of nitrogens with two attached hydrogens (primary N) is 1. The standard InChI is InChI=1S/C25H44N8O4/c1-20(30(12-16-34)13-17-35)27-24(32-10-6-3-7-11-32)22-21(26)23(31-8-4-2-5-9-31)29-25(28-22)33(14-18-36)15-19-37/h34-37H,1-19,26H2. The highest BCUT2D eigenvalue weighted by atomic mass is 16.3. The second-order valence-corrected chi connectivity index (χ2v) is 9.43. The minimum absolute atomic E-state index is 0.0935. The third kappa shape index (κ3) is 7.67. The zero-order valence-electron chi connectivity index (χ0n) is 21.9. The summed E-state index contributed by atoms with van der Waals surface area (Å²) in [6, 6.07) is 0. The molecule has 2 fully saturated rings. The first-order valence-electron chi connectivity index (χ1n) is 13.4. The fourth-order valence-electron chi connectivity index (χ4n) is 4.84. The number of aliphatic hydroxyl groups excluding tert-OH is 4. The van der Waals surface area contributed by atoms with Crippen LogP contribution in [0.1, 0.15) is 44.2 Å². The Morgan fingerprint density at radius 2 is 1.35 bits per heavy atom. The van der Waals surface area contributed by atoms with Crippen molar-refractivity contribution in [2.45, 2.75) is 38.5 Å². The van der Waals surface area contributed by atoms with Gasteiger partial charge < -0.3 is 45.8 Å². The molecule has 0 atom stereocenters. The number of aliphatic imine (C=N–C) groups is 1. The van der Waals surface area contributed by atoms with Gasteiger partial charge in [0.1, 0.15) is 17.2 Å². The van der Waals surface area contributed by atoms with Crippen molar-refractivity contribution in [1.29, 1.82) is 0 Å². The van der Waals surface area contributed by atoms with Crippen LogP contribution in [0.5, 0.6) is 0 Å². The zero-order chi connectivity index (χ0) is 26.6. The number of hydrogen-bond donors (Lipinski definition) is 5. The first kappa shape index (κ1) is 28.9. The van der Waals surface area contributed by atoms with Crippen molar-refractivity contribution < 1.29 is 20.4 Å². The molecule has 37 heavy (non-hydrogen) atoms. The smallest absolute Gasteiger partial charge is 0.228 e. The molecule has 6 N–H and O–H groups in total. The third-order valence-electron chi connectivity index (χ3n) is 6.80. The Bertz CT molecular complexity index is 876. The number of anilines is 3. The molecule has 2 aliphatic heterocycles. The van der Waals surface area contributed by atoms with Gasteiger partial charge in [-0.1, -0.05) is 6.58 Å². The molecule has 0 unspecified atom stereocenters. The average Bonchev–Trinajstić information content (AvgIpc) is 2.92. The number of aliphatic hydroxyl groups is 4. The summed E-state index contributed by atoms with van der Waals surface area (Å²) in [4.78, 5) is 22.4. The maximum atomic E-state index is 9.66. The van der Waals surface area contributed by atoms with Gasteiger partial charge in [0.2, 0.25) is 5.95 Å². The fraction of sp³-hybridized carbons (Fsp3) is 0.720. The Kier molecular flexibility index (Phi) is 11.6. The lowest BCUT2D eigenvalue weighted by Crippen LogP contribution is -2.40. The number of nitrogens with zero attached hydrogens (tertiary/aromatic N) is 7. The van der Waals surface area contributed by atoms with Crippen LogP contribution < -0.4 is 15.5 Å². The minimum atomic E-state index is -0.108. The van der Waals surface area contributed by atoms with Gasteiger partial charge in [0.05, 0.1) is 26.4 Å². The highest BCUT2D eigenvalue weighted by Gasteiger charge is 2.27. The lowest BCUT2D eigenvalue weighted by Gasteiger charge is -2.34. The van der Waals surface area contributed by atoms with Gasteiger partial charge >= 0.3 is 0 Å². The van der Waals surface area contributed by atoms with Crippen LogP contribution in [0.15, 0.2) is 17.4 Å². The largest absolute Gasteiger partial charge is 0.395 e. The van der Waals surface area contributed by atoms with Gasteiger partial charge in [-0.05, 0) is 38.5 Å². The second-order valence-electron chi connectivity index (χ2n) is 9.43. The van der Waals surface area contributed by atoms with Crippen molar-refractivity contribution in [2.24, 2.45) is 4.99 Å². The molecule has 1 aromatic heterocycles. The summed E-state index contributed by atoms with van der Waals surface area (Å²) in [6.07, 6.45) is 6.42. The fourth-order valence-corrected chi connectivity index (χ4v) is 4.84. The summed E-state index contributed by atoms with van der Waals surface area (Å²) in [5, 5.41) is 38.4. The summed E-state index contributed by atoms with van der Waals surface area (Å²) in [5.74, 6) is 2.01. The first-order chi connectivity index (χ1) is 18.0. The Morgan fingerprint density at radius 1 is 0.811 bits per heavy atom. The Balaban J connectivity index is 2.16. The quantitative estimate of drug-likeness (QED) is 0.174. The second kappa shape index (κ2) is 14.9. The maximum absolute atomic E-state index is 9.66. The number of piperidine rings is 2. The van der Waals surface area contributed by atoms with Gasteiger partial charge in [0.25, 0.3) is 0 Å². The van der Waals surface area contributed by atoms with Gasteiger partial charge in [-0.25, -0.2) is 9.98 Å². The molecular formula is C25H44N8O4. The molecule has 3 heterocycles. The van der Waals surface area contributed by atoms with Crippen LogP contribution in [0, 0.1) is 0 Å². The van der Waals surface area contributed by atoms with Gasteiger partial charge in [-0.3, -0.25) is 0 Å². The molecule has 0 saturated carbocycles. The highest BCUT2D eigenvalue weighted by molar-refractivity contribution is 6.04. The average molecular weight is 521 g/mol. The van der Waals surface area contributed by atoms with Gasteiger partial charge in [0, 0.05) is 52.4 Å². The van der Waals surface area contributed by atoms with E-state index in [0.717, 1.165) is 64.7 Å². The van der Waals surface area contributed by atoms with Crippen LogP contribution in [0.3, 0.4) is 0 Å². The lowest BCUT2D eigenvalue weighted by atomic mass is 10.1. The summed E-state index contributed by atoms with van der Waals surface area (Å²) in [5.41, 5.74) is 7.72. The van der Waals surface area contributed by atoms with E-state index in [1.807, 2.05) is 0 Å². The predicted molar refractivity (Wildman–Crippen MR) is 146 cm³/mol. The van der Waals surface area contributed by atoms with E-state index in [1.165, 1.54) is 0 Å². The summed E-state index contributed by atoms with van der Waals surface area (Å²) < 4.78 is 0. The molecular weight excluding hydrogens is 476 g/mol. The SMILES string of the molecule is C=C(N=C(c1nc(N(CCO)CCO)nc(N2CCCCC2)c1N)N1CCCCC1)N(CCO)CCO. The molecule has 0 radical (unpaired) electrons. The van der Waals surface area contributed by atoms with Gasteiger partial charge in [-0.15, -0.1) is 0 Å².